The van der Waals surface area contributed by atoms with Crippen molar-refractivity contribution in [2.45, 2.75) is 11.8 Å². The van der Waals surface area contributed by atoms with Gasteiger partial charge in [-0.2, -0.15) is 0 Å². The Morgan fingerprint density at radius 1 is 0.889 bits per heavy atom. The summed E-state index contributed by atoms with van der Waals surface area (Å²) in [6.07, 6.45) is 0. The van der Waals surface area contributed by atoms with Crippen LogP contribution < -0.4 is 0 Å². The molecule has 0 heterocycles. The van der Waals surface area contributed by atoms with Gasteiger partial charge < -0.3 is 0 Å². The monoisotopic (exact) mass is 494 g/mol. The van der Waals surface area contributed by atoms with E-state index >= 15 is 0 Å². The number of hydrogen-bond acceptors (Lipinski definition) is 0. The molecule has 0 bridgehead atoms. The maximum Gasteiger partial charge on any atom is 0.0658 e. The molecule has 0 nitrogen and oxygen atoms in total. The molecule has 0 aromatic heterocycles. The Morgan fingerprint density at radius 2 is 1.61 bits per heavy atom. The van der Waals surface area contributed by atoms with Crippen LogP contribution in [0, 0.1) is 6.92 Å². The van der Waals surface area contributed by atoms with Crippen molar-refractivity contribution in [2.75, 3.05) is 0 Å². The summed E-state index contributed by atoms with van der Waals surface area (Å²) in [5, 5.41) is 0. The third-order valence-electron chi connectivity index (χ3n) is 2.81. The number of halogens is 4. The summed E-state index contributed by atoms with van der Waals surface area (Å²) in [7, 11) is 0. The van der Waals surface area contributed by atoms with E-state index in [0.717, 1.165) is 13.4 Å². The summed E-state index contributed by atoms with van der Waals surface area (Å²) >= 11 is 14.5. The molecule has 0 aliphatic heterocycles. The highest BCUT2D eigenvalue weighted by atomic mass is 79.9. The zero-order valence-corrected chi connectivity index (χ0v) is 15.9. The van der Waals surface area contributed by atoms with Crippen molar-refractivity contribution in [2.24, 2.45) is 0 Å². The molecule has 0 fully saturated rings. The lowest BCUT2D eigenvalue weighted by Gasteiger charge is -2.16. The van der Waals surface area contributed by atoms with E-state index < -0.39 is 0 Å². The summed E-state index contributed by atoms with van der Waals surface area (Å²) < 4.78 is 3.32. The molecule has 0 aliphatic carbocycles. The van der Waals surface area contributed by atoms with E-state index in [2.05, 4.69) is 101 Å². The van der Waals surface area contributed by atoms with Crippen LogP contribution in [0.25, 0.3) is 0 Å². The van der Waals surface area contributed by atoms with E-state index in [1.165, 1.54) is 16.7 Å². The van der Waals surface area contributed by atoms with E-state index in [4.69, 9.17) is 0 Å². The van der Waals surface area contributed by atoms with Crippen molar-refractivity contribution in [3.8, 4) is 0 Å². The first-order valence-electron chi connectivity index (χ1n) is 5.34. The molecule has 2 aromatic carbocycles. The van der Waals surface area contributed by atoms with Crippen molar-refractivity contribution in [3.05, 3.63) is 66.5 Å². The molecule has 4 heteroatoms. The normalized spacial score (nSPS) is 12.5. The van der Waals surface area contributed by atoms with Crippen molar-refractivity contribution < 1.29 is 0 Å². The van der Waals surface area contributed by atoms with Crippen LogP contribution >= 0.6 is 63.7 Å². The van der Waals surface area contributed by atoms with Gasteiger partial charge >= 0.3 is 0 Å². The smallest absolute Gasteiger partial charge is 0.0658 e. The number of hydrogen-bond donors (Lipinski definition) is 0. The van der Waals surface area contributed by atoms with Gasteiger partial charge in [-0.3, -0.25) is 0 Å². The van der Waals surface area contributed by atoms with Crippen LogP contribution in [-0.2, 0) is 0 Å². The van der Waals surface area contributed by atoms with Gasteiger partial charge in [-0.1, -0.05) is 75.9 Å². The molecule has 2 rings (SSSR count). The first-order valence-corrected chi connectivity index (χ1v) is 8.64. The van der Waals surface area contributed by atoms with Crippen LogP contribution in [-0.4, -0.2) is 0 Å². The lowest BCUT2D eigenvalue weighted by atomic mass is 10.0. The zero-order chi connectivity index (χ0) is 13.3. The van der Waals surface area contributed by atoms with Gasteiger partial charge in [0.05, 0.1) is 4.83 Å². The van der Waals surface area contributed by atoms with Crippen LogP contribution in [0.5, 0.6) is 0 Å². The molecule has 1 unspecified atom stereocenters. The molecular formula is C14H10Br4. The topological polar surface area (TPSA) is 0 Å². The molecular weight excluding hydrogens is 488 g/mol. The third kappa shape index (κ3) is 3.09. The van der Waals surface area contributed by atoms with E-state index in [1.807, 2.05) is 6.07 Å². The van der Waals surface area contributed by atoms with Gasteiger partial charge in [-0.05, 0) is 47.9 Å². The van der Waals surface area contributed by atoms with Crippen LogP contribution in [0.15, 0.2) is 49.8 Å². The largest absolute Gasteiger partial charge is 0.0786 e. The molecule has 0 N–H and O–H groups in total. The van der Waals surface area contributed by atoms with Crippen LogP contribution in [0.1, 0.15) is 21.5 Å². The number of benzene rings is 2. The first-order chi connectivity index (χ1) is 8.50. The highest BCUT2D eigenvalue weighted by Crippen LogP contribution is 2.39. The molecule has 0 saturated carbocycles. The molecule has 1 atom stereocenters. The summed E-state index contributed by atoms with van der Waals surface area (Å²) in [5.41, 5.74) is 3.74. The fourth-order valence-corrected chi connectivity index (χ4v) is 4.19. The van der Waals surface area contributed by atoms with Crippen LogP contribution in [0.3, 0.4) is 0 Å². The molecule has 0 spiro atoms. The molecule has 0 amide bonds. The molecule has 94 valence electrons. The standard InChI is InChI=1S/C14H10Br4/c1-8-10(3-2-4-12(8)16)14(18)11-7-9(15)5-6-13(11)17/h2-7,14H,1H3. The average Bonchev–Trinajstić information content (AvgIpc) is 2.35. The van der Waals surface area contributed by atoms with Gasteiger partial charge in [0.25, 0.3) is 0 Å². The Morgan fingerprint density at radius 3 is 2.33 bits per heavy atom. The maximum atomic E-state index is 3.79. The minimum Gasteiger partial charge on any atom is -0.0786 e. The second-order valence-electron chi connectivity index (χ2n) is 3.98. The number of rotatable bonds is 2. The fraction of sp³-hybridized carbons (Fsp3) is 0.143. The van der Waals surface area contributed by atoms with E-state index in [9.17, 15) is 0 Å². The predicted octanol–water partition coefficient (Wildman–Crippen LogP) is 6.77. The first kappa shape index (κ1) is 14.8. The lowest BCUT2D eigenvalue weighted by molar-refractivity contribution is 1.12. The SMILES string of the molecule is Cc1c(Br)cccc1C(Br)c1cc(Br)ccc1Br. The quantitative estimate of drug-likeness (QED) is 0.402. The molecule has 0 aliphatic rings. The summed E-state index contributed by atoms with van der Waals surface area (Å²) in [6, 6.07) is 12.5. The molecule has 0 saturated heterocycles. The Kier molecular flexibility index (Phi) is 5.09. The number of alkyl halides is 1. The Balaban J connectivity index is 2.51. The van der Waals surface area contributed by atoms with Crippen LogP contribution in [0.4, 0.5) is 0 Å². The predicted molar refractivity (Wildman–Crippen MR) is 91.5 cm³/mol. The van der Waals surface area contributed by atoms with E-state index in [-0.39, 0.29) is 4.83 Å². The minimum absolute atomic E-state index is 0.168. The highest BCUT2D eigenvalue weighted by molar-refractivity contribution is 9.11. The van der Waals surface area contributed by atoms with Crippen molar-refractivity contribution >= 4 is 63.7 Å². The average molecular weight is 498 g/mol. The van der Waals surface area contributed by atoms with Gasteiger partial charge in [-0.15, -0.1) is 0 Å². The Hall–Kier alpha value is 0.360. The summed E-state index contributed by atoms with van der Waals surface area (Å²) in [4.78, 5) is 0.168. The van der Waals surface area contributed by atoms with E-state index in [1.54, 1.807) is 0 Å². The molecule has 2 aromatic rings. The Bertz CT molecular complexity index is 576. The van der Waals surface area contributed by atoms with Gasteiger partial charge in [0.2, 0.25) is 0 Å². The van der Waals surface area contributed by atoms with Crippen LogP contribution in [0.2, 0.25) is 0 Å². The second kappa shape index (κ2) is 6.21. The maximum absolute atomic E-state index is 3.79. The van der Waals surface area contributed by atoms with Crippen molar-refractivity contribution in [1.82, 2.24) is 0 Å². The van der Waals surface area contributed by atoms with Crippen molar-refractivity contribution in [1.29, 1.82) is 0 Å². The second-order valence-corrected chi connectivity index (χ2v) is 7.52. The third-order valence-corrected chi connectivity index (χ3v) is 5.87. The van der Waals surface area contributed by atoms with Gasteiger partial charge in [0, 0.05) is 13.4 Å². The van der Waals surface area contributed by atoms with E-state index in [0.29, 0.717) is 0 Å². The van der Waals surface area contributed by atoms with Gasteiger partial charge in [-0.25, -0.2) is 0 Å². The molecule has 18 heavy (non-hydrogen) atoms. The lowest BCUT2D eigenvalue weighted by Crippen LogP contribution is -1.97. The summed E-state index contributed by atoms with van der Waals surface area (Å²) in [6.45, 7) is 2.12. The highest BCUT2D eigenvalue weighted by Gasteiger charge is 2.16. The van der Waals surface area contributed by atoms with Gasteiger partial charge in [0.15, 0.2) is 0 Å². The fourth-order valence-electron chi connectivity index (χ4n) is 1.78. The summed E-state index contributed by atoms with van der Waals surface area (Å²) in [5.74, 6) is 0. The van der Waals surface area contributed by atoms with Gasteiger partial charge in [0.1, 0.15) is 0 Å². The Labute approximate surface area is 141 Å². The van der Waals surface area contributed by atoms with Crippen molar-refractivity contribution in [3.63, 3.8) is 0 Å². The molecule has 0 radical (unpaired) electrons. The minimum atomic E-state index is 0.168. The zero-order valence-electron chi connectivity index (χ0n) is 9.55.